The Morgan fingerprint density at radius 2 is 2.18 bits per heavy atom. The van der Waals surface area contributed by atoms with Crippen molar-refractivity contribution in [1.82, 2.24) is 9.88 Å². The first kappa shape index (κ1) is 11.3. The second-order valence-corrected chi connectivity index (χ2v) is 3.86. The number of aryl methyl sites for hydroxylation is 1. The summed E-state index contributed by atoms with van der Waals surface area (Å²) in [6, 6.07) is 10.4. The van der Waals surface area contributed by atoms with Gasteiger partial charge in [-0.05, 0) is 29.8 Å². The van der Waals surface area contributed by atoms with Gasteiger partial charge in [-0.15, -0.1) is 0 Å². The van der Waals surface area contributed by atoms with E-state index in [0.717, 1.165) is 5.56 Å². The summed E-state index contributed by atoms with van der Waals surface area (Å²) >= 11 is 0. The summed E-state index contributed by atoms with van der Waals surface area (Å²) in [5.41, 5.74) is 1.48. The number of phenols is 1. The van der Waals surface area contributed by atoms with E-state index in [9.17, 15) is 9.90 Å². The molecule has 1 aromatic heterocycles. The van der Waals surface area contributed by atoms with Gasteiger partial charge in [-0.3, -0.25) is 4.79 Å². The summed E-state index contributed by atoms with van der Waals surface area (Å²) in [6.45, 7) is 0.401. The van der Waals surface area contributed by atoms with Crippen LogP contribution in [0.15, 0.2) is 42.6 Å². The molecule has 1 aromatic carbocycles. The van der Waals surface area contributed by atoms with Gasteiger partial charge in [0.25, 0.3) is 5.91 Å². The lowest BCUT2D eigenvalue weighted by molar-refractivity contribution is 0.0942. The molecule has 0 aliphatic rings. The van der Waals surface area contributed by atoms with E-state index in [1.54, 1.807) is 28.8 Å². The zero-order chi connectivity index (χ0) is 12.3. The lowest BCUT2D eigenvalue weighted by Crippen LogP contribution is -2.24. The first-order valence-corrected chi connectivity index (χ1v) is 5.34. The molecular weight excluding hydrogens is 216 g/mol. The van der Waals surface area contributed by atoms with Crippen LogP contribution < -0.4 is 5.32 Å². The van der Waals surface area contributed by atoms with Crippen molar-refractivity contribution < 1.29 is 9.90 Å². The lowest BCUT2D eigenvalue weighted by Gasteiger charge is -2.06. The second-order valence-electron chi connectivity index (χ2n) is 3.86. The van der Waals surface area contributed by atoms with Crippen LogP contribution in [0.5, 0.6) is 5.75 Å². The minimum Gasteiger partial charge on any atom is -0.508 e. The highest BCUT2D eigenvalue weighted by Gasteiger charge is 2.07. The van der Waals surface area contributed by atoms with Gasteiger partial charge >= 0.3 is 0 Å². The SMILES string of the molecule is Cn1cccc1C(=O)NCc1cccc(O)c1. The summed E-state index contributed by atoms with van der Waals surface area (Å²) in [4.78, 5) is 11.8. The summed E-state index contributed by atoms with van der Waals surface area (Å²) in [6.07, 6.45) is 1.82. The first-order valence-electron chi connectivity index (χ1n) is 5.34. The van der Waals surface area contributed by atoms with Crippen LogP contribution in [-0.2, 0) is 13.6 Å². The van der Waals surface area contributed by atoms with Crippen LogP contribution >= 0.6 is 0 Å². The van der Waals surface area contributed by atoms with Gasteiger partial charge in [0.05, 0.1) is 0 Å². The maximum absolute atomic E-state index is 11.8. The molecule has 4 heteroatoms. The number of nitrogens with one attached hydrogen (secondary N) is 1. The van der Waals surface area contributed by atoms with Crippen LogP contribution in [0.3, 0.4) is 0 Å². The molecule has 4 nitrogen and oxygen atoms in total. The van der Waals surface area contributed by atoms with Crippen molar-refractivity contribution >= 4 is 5.91 Å². The molecule has 1 heterocycles. The Balaban J connectivity index is 1.99. The van der Waals surface area contributed by atoms with Gasteiger partial charge in [-0.25, -0.2) is 0 Å². The lowest BCUT2D eigenvalue weighted by atomic mass is 10.2. The molecule has 0 saturated carbocycles. The van der Waals surface area contributed by atoms with E-state index < -0.39 is 0 Å². The topological polar surface area (TPSA) is 54.3 Å². The average Bonchev–Trinajstić information content (AvgIpc) is 2.72. The summed E-state index contributed by atoms with van der Waals surface area (Å²) < 4.78 is 1.76. The highest BCUT2D eigenvalue weighted by Crippen LogP contribution is 2.10. The largest absolute Gasteiger partial charge is 0.508 e. The van der Waals surface area contributed by atoms with Crippen molar-refractivity contribution in [1.29, 1.82) is 0 Å². The number of hydrogen-bond acceptors (Lipinski definition) is 2. The number of hydrogen-bond donors (Lipinski definition) is 2. The zero-order valence-electron chi connectivity index (χ0n) is 9.55. The van der Waals surface area contributed by atoms with E-state index in [2.05, 4.69) is 5.32 Å². The van der Waals surface area contributed by atoms with Gasteiger partial charge in [0.2, 0.25) is 0 Å². The number of rotatable bonds is 3. The fourth-order valence-electron chi connectivity index (χ4n) is 1.64. The molecule has 0 atom stereocenters. The highest BCUT2D eigenvalue weighted by atomic mass is 16.3. The summed E-state index contributed by atoms with van der Waals surface area (Å²) in [7, 11) is 1.82. The van der Waals surface area contributed by atoms with Crippen molar-refractivity contribution in [3.05, 3.63) is 53.9 Å². The Hall–Kier alpha value is -2.23. The highest BCUT2D eigenvalue weighted by molar-refractivity contribution is 5.92. The number of carbonyl (C=O) groups is 1. The van der Waals surface area contributed by atoms with Crippen LogP contribution in [0.4, 0.5) is 0 Å². The molecule has 2 rings (SSSR count). The van der Waals surface area contributed by atoms with Gasteiger partial charge in [-0.2, -0.15) is 0 Å². The maximum Gasteiger partial charge on any atom is 0.268 e. The molecule has 0 bridgehead atoms. The smallest absolute Gasteiger partial charge is 0.268 e. The monoisotopic (exact) mass is 230 g/mol. The molecule has 17 heavy (non-hydrogen) atoms. The van der Waals surface area contributed by atoms with Gasteiger partial charge in [0.15, 0.2) is 0 Å². The third kappa shape index (κ3) is 2.66. The number of amides is 1. The van der Waals surface area contributed by atoms with Gasteiger partial charge in [0.1, 0.15) is 11.4 Å². The van der Waals surface area contributed by atoms with Crippen LogP contribution in [0.1, 0.15) is 16.1 Å². The molecule has 0 unspecified atom stereocenters. The van der Waals surface area contributed by atoms with Gasteiger partial charge in [0, 0.05) is 19.8 Å². The van der Waals surface area contributed by atoms with Crippen molar-refractivity contribution in [3.8, 4) is 5.75 Å². The quantitative estimate of drug-likeness (QED) is 0.842. The Labute approximate surface area is 99.5 Å². The normalized spacial score (nSPS) is 10.2. The second kappa shape index (κ2) is 4.74. The maximum atomic E-state index is 11.8. The predicted molar refractivity (Wildman–Crippen MR) is 64.7 cm³/mol. The van der Waals surface area contributed by atoms with Crippen LogP contribution in [0, 0.1) is 0 Å². The molecular formula is C13H14N2O2. The molecule has 0 fully saturated rings. The fourth-order valence-corrected chi connectivity index (χ4v) is 1.64. The van der Waals surface area contributed by atoms with E-state index in [0.29, 0.717) is 12.2 Å². The summed E-state index contributed by atoms with van der Waals surface area (Å²) in [5.74, 6) is 0.0801. The van der Waals surface area contributed by atoms with Crippen molar-refractivity contribution in [2.75, 3.05) is 0 Å². The number of aromatic hydroxyl groups is 1. The fraction of sp³-hybridized carbons (Fsp3) is 0.154. The number of phenolic OH excluding ortho intramolecular Hbond substituents is 1. The number of nitrogens with zero attached hydrogens (tertiary/aromatic N) is 1. The average molecular weight is 230 g/mol. The zero-order valence-corrected chi connectivity index (χ0v) is 9.55. The molecule has 0 aliphatic carbocycles. The molecule has 0 spiro atoms. The predicted octanol–water partition coefficient (Wildman–Crippen LogP) is 1.66. The Kier molecular flexibility index (Phi) is 3.14. The third-order valence-electron chi connectivity index (χ3n) is 2.54. The van der Waals surface area contributed by atoms with Gasteiger partial charge < -0.3 is 15.0 Å². The minimum atomic E-state index is -0.124. The molecule has 88 valence electrons. The minimum absolute atomic E-state index is 0.124. The van der Waals surface area contributed by atoms with E-state index in [1.165, 1.54) is 0 Å². The van der Waals surface area contributed by atoms with Crippen LogP contribution in [-0.4, -0.2) is 15.6 Å². The number of carbonyl (C=O) groups excluding carboxylic acids is 1. The number of benzene rings is 1. The Bertz CT molecular complexity index is 532. The van der Waals surface area contributed by atoms with E-state index >= 15 is 0 Å². The van der Waals surface area contributed by atoms with Gasteiger partial charge in [-0.1, -0.05) is 12.1 Å². The molecule has 2 N–H and O–H groups in total. The van der Waals surface area contributed by atoms with Crippen molar-refractivity contribution in [2.45, 2.75) is 6.54 Å². The van der Waals surface area contributed by atoms with Crippen molar-refractivity contribution in [2.24, 2.45) is 7.05 Å². The molecule has 0 saturated heterocycles. The van der Waals surface area contributed by atoms with Crippen molar-refractivity contribution in [3.63, 3.8) is 0 Å². The Morgan fingerprint density at radius 3 is 2.82 bits per heavy atom. The molecule has 0 radical (unpaired) electrons. The summed E-state index contributed by atoms with van der Waals surface area (Å²) in [5, 5.41) is 12.1. The van der Waals surface area contributed by atoms with Crippen LogP contribution in [0.2, 0.25) is 0 Å². The number of aromatic nitrogens is 1. The van der Waals surface area contributed by atoms with E-state index in [1.807, 2.05) is 25.4 Å². The van der Waals surface area contributed by atoms with E-state index in [-0.39, 0.29) is 11.7 Å². The van der Waals surface area contributed by atoms with Crippen LogP contribution in [0.25, 0.3) is 0 Å². The standard InChI is InChI=1S/C13H14N2O2/c1-15-7-3-6-12(15)13(17)14-9-10-4-2-5-11(16)8-10/h2-8,16H,9H2,1H3,(H,14,17). The van der Waals surface area contributed by atoms with E-state index in [4.69, 9.17) is 0 Å². The first-order chi connectivity index (χ1) is 8.16. The molecule has 0 aliphatic heterocycles. The Morgan fingerprint density at radius 1 is 1.35 bits per heavy atom. The third-order valence-corrected chi connectivity index (χ3v) is 2.54. The molecule has 2 aromatic rings. The molecule has 1 amide bonds.